The van der Waals surface area contributed by atoms with Crippen LogP contribution >= 0.6 is 7.82 Å². The first-order valence-corrected chi connectivity index (χ1v) is 34.7. The summed E-state index contributed by atoms with van der Waals surface area (Å²) >= 11 is 0. The number of quaternary nitrogens is 1. The summed E-state index contributed by atoms with van der Waals surface area (Å²) in [6.45, 7) is 4.29. The van der Waals surface area contributed by atoms with Crippen LogP contribution in [0.3, 0.4) is 0 Å². The molecule has 0 saturated heterocycles. The molecule has 77 heavy (non-hydrogen) atoms. The topological polar surface area (TPSA) is 111 Å². The lowest BCUT2D eigenvalue weighted by Crippen LogP contribution is -2.37. The van der Waals surface area contributed by atoms with Crippen LogP contribution < -0.4 is 4.89 Å². The SMILES string of the molecule is CCCCCCC/C=C\C/C=C\C/C=C\CCCCCCCCCCCCCCCCCCC(=O)OC(COC(=O)CCCCCCCCCCCCCCCCCCCCCCCC)COP(=O)([O-])OCC[N+](C)(C)C. The summed E-state index contributed by atoms with van der Waals surface area (Å²) in [6, 6.07) is 0. The molecule has 0 aliphatic rings. The second-order valence-corrected chi connectivity index (χ2v) is 25.3. The molecule has 10 heteroatoms. The highest BCUT2D eigenvalue weighted by Crippen LogP contribution is 2.38. The van der Waals surface area contributed by atoms with Crippen molar-refractivity contribution in [3.63, 3.8) is 0 Å². The van der Waals surface area contributed by atoms with E-state index >= 15 is 0 Å². The number of rotatable bonds is 62. The summed E-state index contributed by atoms with van der Waals surface area (Å²) in [5.41, 5.74) is 0. The van der Waals surface area contributed by atoms with Crippen molar-refractivity contribution >= 4 is 19.8 Å². The Bertz CT molecular complexity index is 1390. The molecule has 0 heterocycles. The largest absolute Gasteiger partial charge is 0.756 e. The first-order valence-electron chi connectivity index (χ1n) is 33.2. The van der Waals surface area contributed by atoms with Gasteiger partial charge in [0.2, 0.25) is 0 Å². The average Bonchev–Trinajstić information content (AvgIpc) is 3.39. The van der Waals surface area contributed by atoms with E-state index in [4.69, 9.17) is 18.5 Å². The molecule has 0 radical (unpaired) electrons. The van der Waals surface area contributed by atoms with Crippen molar-refractivity contribution in [2.75, 3.05) is 47.5 Å². The minimum Gasteiger partial charge on any atom is -0.756 e. The second kappa shape index (κ2) is 58.9. The fourth-order valence-corrected chi connectivity index (χ4v) is 10.5. The summed E-state index contributed by atoms with van der Waals surface area (Å²) in [7, 11) is 1.18. The van der Waals surface area contributed by atoms with E-state index in [1.807, 2.05) is 21.1 Å². The van der Waals surface area contributed by atoms with E-state index in [9.17, 15) is 19.0 Å². The minimum atomic E-state index is -4.64. The number of allylic oxidation sites excluding steroid dienone is 6. The lowest BCUT2D eigenvalue weighted by molar-refractivity contribution is -0.870. The molecule has 2 atom stereocenters. The van der Waals surface area contributed by atoms with Crippen LogP contribution in [-0.2, 0) is 32.7 Å². The number of carbonyl (C=O) groups excluding carboxylic acids is 2. The molecule has 9 nitrogen and oxygen atoms in total. The monoisotopic (exact) mass is 1110 g/mol. The summed E-state index contributed by atoms with van der Waals surface area (Å²) < 4.78 is 34.3. The van der Waals surface area contributed by atoms with Crippen LogP contribution in [0.1, 0.15) is 328 Å². The third-order valence-electron chi connectivity index (χ3n) is 14.9. The van der Waals surface area contributed by atoms with Gasteiger partial charge in [-0.2, -0.15) is 0 Å². The van der Waals surface area contributed by atoms with Crippen LogP contribution in [0.15, 0.2) is 36.5 Å². The van der Waals surface area contributed by atoms with Crippen molar-refractivity contribution in [1.29, 1.82) is 0 Å². The third kappa shape index (κ3) is 63.3. The van der Waals surface area contributed by atoms with Crippen LogP contribution in [0.25, 0.3) is 0 Å². The van der Waals surface area contributed by atoms with Gasteiger partial charge in [-0.3, -0.25) is 14.2 Å². The molecule has 0 rings (SSSR count). The zero-order valence-electron chi connectivity index (χ0n) is 51.7. The van der Waals surface area contributed by atoms with Crippen LogP contribution in [0.5, 0.6) is 0 Å². The Morgan fingerprint density at radius 1 is 0.403 bits per heavy atom. The van der Waals surface area contributed by atoms with Gasteiger partial charge < -0.3 is 27.9 Å². The van der Waals surface area contributed by atoms with E-state index in [1.54, 1.807) is 0 Å². The molecule has 454 valence electrons. The maximum atomic E-state index is 12.8. The Labute approximate surface area is 478 Å². The van der Waals surface area contributed by atoms with Gasteiger partial charge in [0.1, 0.15) is 19.8 Å². The van der Waals surface area contributed by atoms with Crippen molar-refractivity contribution in [3.8, 4) is 0 Å². The molecule has 0 aliphatic carbocycles. The molecule has 0 N–H and O–H groups in total. The lowest BCUT2D eigenvalue weighted by Gasteiger charge is -2.28. The Morgan fingerprint density at radius 3 is 1.04 bits per heavy atom. The molecule has 0 aromatic rings. The molecular weight excluding hydrogens is 978 g/mol. The van der Waals surface area contributed by atoms with Crippen molar-refractivity contribution in [2.45, 2.75) is 335 Å². The Hall–Kier alpha value is -1.77. The fraction of sp³-hybridized carbons (Fsp3) is 0.881. The normalized spacial score (nSPS) is 13.4. The number of phosphoric acid groups is 1. The van der Waals surface area contributed by atoms with E-state index in [-0.39, 0.29) is 32.0 Å². The number of unbranched alkanes of at least 4 members (excludes halogenated alkanes) is 42. The van der Waals surface area contributed by atoms with E-state index in [0.717, 1.165) is 51.4 Å². The number of likely N-dealkylation sites (N-methyl/N-ethyl adjacent to an activating group) is 1. The summed E-state index contributed by atoms with van der Waals surface area (Å²) in [5, 5.41) is 0. The van der Waals surface area contributed by atoms with Gasteiger partial charge in [0.15, 0.2) is 6.10 Å². The molecule has 0 amide bonds. The van der Waals surface area contributed by atoms with Gasteiger partial charge in [-0.05, 0) is 51.4 Å². The van der Waals surface area contributed by atoms with Gasteiger partial charge in [-0.25, -0.2) is 0 Å². The summed E-state index contributed by atoms with van der Waals surface area (Å²) in [4.78, 5) is 38.0. The standard InChI is InChI=1S/C67H128NO8P/c1-6-8-10-12-14-16-18-20-22-24-26-28-30-31-32-33-34-35-36-37-38-40-42-44-46-48-50-52-54-56-58-60-67(70)76-65(64-75-77(71,72)74-62-61-68(3,4)5)63-73-66(69)59-57-55-53-51-49-47-45-43-41-39-29-27-25-23-21-19-17-15-13-11-9-7-2/h18,20,24,26,30-31,65H,6-17,19,21-23,25,27-29,32-64H2,1-5H3/b20-18-,26-24-,31-30-. The minimum absolute atomic E-state index is 0.0281. The average molecular weight is 1110 g/mol. The first kappa shape index (κ1) is 75.2. The molecule has 0 fully saturated rings. The fourth-order valence-electron chi connectivity index (χ4n) is 9.79. The first-order chi connectivity index (χ1) is 37.5. The highest BCUT2D eigenvalue weighted by Gasteiger charge is 2.22. The Morgan fingerprint density at radius 2 is 0.701 bits per heavy atom. The van der Waals surface area contributed by atoms with Crippen LogP contribution in [0.2, 0.25) is 0 Å². The number of ether oxygens (including phenoxy) is 2. The number of hydrogen-bond donors (Lipinski definition) is 0. The molecule has 0 spiro atoms. The van der Waals surface area contributed by atoms with Crippen LogP contribution in [0.4, 0.5) is 0 Å². The second-order valence-electron chi connectivity index (χ2n) is 23.8. The van der Waals surface area contributed by atoms with Gasteiger partial charge in [0.25, 0.3) is 7.82 Å². The van der Waals surface area contributed by atoms with Gasteiger partial charge in [0, 0.05) is 12.8 Å². The quantitative estimate of drug-likeness (QED) is 0.0195. The molecular formula is C67H128NO8P. The number of esters is 2. The molecule has 2 unspecified atom stereocenters. The van der Waals surface area contributed by atoms with Gasteiger partial charge >= 0.3 is 11.9 Å². The number of phosphoric ester groups is 1. The van der Waals surface area contributed by atoms with Crippen LogP contribution in [0, 0.1) is 0 Å². The highest BCUT2D eigenvalue weighted by molar-refractivity contribution is 7.45. The Balaban J connectivity index is 4.03. The lowest BCUT2D eigenvalue weighted by atomic mass is 10.0. The number of carbonyl (C=O) groups is 2. The highest BCUT2D eigenvalue weighted by atomic mass is 31.2. The van der Waals surface area contributed by atoms with E-state index in [0.29, 0.717) is 17.4 Å². The molecule has 0 saturated carbocycles. The maximum Gasteiger partial charge on any atom is 0.306 e. The smallest absolute Gasteiger partial charge is 0.306 e. The maximum absolute atomic E-state index is 12.8. The molecule has 0 aromatic heterocycles. The van der Waals surface area contributed by atoms with E-state index < -0.39 is 26.5 Å². The molecule has 0 bridgehead atoms. The van der Waals surface area contributed by atoms with Crippen molar-refractivity contribution in [2.24, 2.45) is 0 Å². The predicted molar refractivity (Wildman–Crippen MR) is 328 cm³/mol. The van der Waals surface area contributed by atoms with Gasteiger partial charge in [-0.15, -0.1) is 0 Å². The zero-order valence-corrected chi connectivity index (χ0v) is 52.6. The summed E-state index contributed by atoms with van der Waals surface area (Å²) in [6.07, 6.45) is 73.5. The van der Waals surface area contributed by atoms with Gasteiger partial charge in [-0.1, -0.05) is 301 Å². The third-order valence-corrected chi connectivity index (χ3v) is 15.9. The predicted octanol–water partition coefficient (Wildman–Crippen LogP) is 20.5. The summed E-state index contributed by atoms with van der Waals surface area (Å²) in [5.74, 6) is -0.814. The number of hydrogen-bond acceptors (Lipinski definition) is 8. The number of nitrogens with zero attached hydrogens (tertiary/aromatic N) is 1. The van der Waals surface area contributed by atoms with Gasteiger partial charge in [0.05, 0.1) is 27.7 Å². The molecule has 0 aromatic carbocycles. The Kier molecular flexibility index (Phi) is 57.5. The van der Waals surface area contributed by atoms with Crippen molar-refractivity contribution < 1.29 is 42.1 Å². The van der Waals surface area contributed by atoms with E-state index in [2.05, 4.69) is 50.3 Å². The van der Waals surface area contributed by atoms with Crippen molar-refractivity contribution in [1.82, 2.24) is 0 Å². The molecule has 0 aliphatic heterocycles. The zero-order chi connectivity index (χ0) is 56.3. The van der Waals surface area contributed by atoms with Crippen LogP contribution in [-0.4, -0.2) is 70.0 Å². The van der Waals surface area contributed by atoms with Crippen molar-refractivity contribution in [3.05, 3.63) is 36.5 Å². The van der Waals surface area contributed by atoms with E-state index in [1.165, 1.54) is 244 Å².